The molecule has 1 aliphatic rings. The van der Waals surface area contributed by atoms with E-state index < -0.39 is 49.5 Å². The van der Waals surface area contributed by atoms with Crippen molar-refractivity contribution in [1.82, 2.24) is 5.32 Å². The molecule has 0 radical (unpaired) electrons. The number of allylic oxidation sites excluding steroid dienone is 7. The molecule has 1 amide bonds. The fourth-order valence-electron chi connectivity index (χ4n) is 9.43. The molecule has 1 aliphatic heterocycles. The molecule has 1 heterocycles. The van der Waals surface area contributed by atoms with Crippen LogP contribution in [0.2, 0.25) is 0 Å². The van der Waals surface area contributed by atoms with E-state index >= 15 is 0 Å². The first-order valence-corrected chi connectivity index (χ1v) is 30.9. The van der Waals surface area contributed by atoms with E-state index in [4.69, 9.17) is 14.2 Å². The Morgan fingerprint density at radius 3 is 1.38 bits per heavy atom. The molecule has 11 nitrogen and oxygen atoms in total. The number of hydrogen-bond donors (Lipinski definition) is 6. The van der Waals surface area contributed by atoms with Gasteiger partial charge in [0.15, 0.2) is 6.29 Å². The van der Waals surface area contributed by atoms with Crippen LogP contribution in [0, 0.1) is 0 Å². The fourth-order valence-corrected chi connectivity index (χ4v) is 9.43. The highest BCUT2D eigenvalue weighted by atomic mass is 16.7. The zero-order chi connectivity index (χ0) is 53.8. The molecule has 1 fully saturated rings. The third-order valence-electron chi connectivity index (χ3n) is 14.4. The van der Waals surface area contributed by atoms with Gasteiger partial charge in [0.2, 0.25) is 5.91 Å². The normalized spacial score (nSPS) is 19.1. The largest absolute Gasteiger partial charge is 0.466 e. The second-order valence-corrected chi connectivity index (χ2v) is 21.4. The van der Waals surface area contributed by atoms with Crippen LogP contribution in [-0.2, 0) is 23.8 Å². The number of rotatable bonds is 53. The maximum atomic E-state index is 13.0. The molecule has 0 aromatic heterocycles. The number of nitrogens with one attached hydrogen (secondary N) is 1. The monoisotopic (exact) mass is 1050 g/mol. The van der Waals surface area contributed by atoms with Gasteiger partial charge in [0.1, 0.15) is 24.4 Å². The van der Waals surface area contributed by atoms with Gasteiger partial charge in [-0.15, -0.1) is 0 Å². The van der Waals surface area contributed by atoms with E-state index in [-0.39, 0.29) is 18.5 Å². The average Bonchev–Trinajstić information content (AvgIpc) is 3.40. The van der Waals surface area contributed by atoms with Crippen LogP contribution in [0.25, 0.3) is 0 Å². The predicted molar refractivity (Wildman–Crippen MR) is 306 cm³/mol. The van der Waals surface area contributed by atoms with E-state index in [0.29, 0.717) is 19.4 Å². The summed E-state index contributed by atoms with van der Waals surface area (Å²) in [6.07, 6.45) is 56.5. The number of hydrogen-bond acceptors (Lipinski definition) is 10. The summed E-state index contributed by atoms with van der Waals surface area (Å²) < 4.78 is 16.7. The van der Waals surface area contributed by atoms with Crippen molar-refractivity contribution in [2.75, 3.05) is 19.8 Å². The summed E-state index contributed by atoms with van der Waals surface area (Å²) in [7, 11) is 0. The van der Waals surface area contributed by atoms with E-state index in [1.807, 2.05) is 6.08 Å². The van der Waals surface area contributed by atoms with Crippen LogP contribution in [0.15, 0.2) is 48.6 Å². The van der Waals surface area contributed by atoms with Crippen molar-refractivity contribution in [2.45, 2.75) is 320 Å². The summed E-state index contributed by atoms with van der Waals surface area (Å²) in [5.74, 6) is -0.209. The van der Waals surface area contributed by atoms with Crippen LogP contribution in [0.4, 0.5) is 0 Å². The SMILES string of the molecule is CCCC/C=C\CCCCCCCC(=O)OCCCCCCCCCCCCCC/C=C\CCCCCCCCCCC(=O)NC(COC1OC(CO)C(O)C(O)C1O)C(O)/C=C/CC/C=C/CCCCCCC. The number of aliphatic hydroxyl groups excluding tert-OH is 5. The van der Waals surface area contributed by atoms with Crippen LogP contribution < -0.4 is 5.32 Å². The molecule has 0 aromatic carbocycles. The van der Waals surface area contributed by atoms with Gasteiger partial charge in [-0.25, -0.2) is 0 Å². The molecular formula is C63H115NO10. The lowest BCUT2D eigenvalue weighted by molar-refractivity contribution is -0.302. The van der Waals surface area contributed by atoms with Crippen LogP contribution in [0.5, 0.6) is 0 Å². The quantitative estimate of drug-likeness (QED) is 0.0195. The van der Waals surface area contributed by atoms with Crippen molar-refractivity contribution in [3.05, 3.63) is 48.6 Å². The molecule has 7 unspecified atom stereocenters. The Morgan fingerprint density at radius 1 is 0.486 bits per heavy atom. The molecule has 74 heavy (non-hydrogen) atoms. The van der Waals surface area contributed by atoms with Crippen LogP contribution >= 0.6 is 0 Å². The fraction of sp³-hybridized carbons (Fsp3) is 0.841. The topological polar surface area (TPSA) is 175 Å². The first kappa shape index (κ1) is 69.6. The third kappa shape index (κ3) is 41.7. The number of carbonyl (C=O) groups is 2. The second-order valence-electron chi connectivity index (χ2n) is 21.4. The molecular weight excluding hydrogens is 931 g/mol. The van der Waals surface area contributed by atoms with Crippen molar-refractivity contribution in [2.24, 2.45) is 0 Å². The van der Waals surface area contributed by atoms with Gasteiger partial charge in [0, 0.05) is 12.8 Å². The van der Waals surface area contributed by atoms with Gasteiger partial charge in [-0.2, -0.15) is 0 Å². The van der Waals surface area contributed by atoms with Gasteiger partial charge < -0.3 is 45.1 Å². The molecule has 6 N–H and O–H groups in total. The molecule has 0 saturated carbocycles. The molecule has 0 aromatic rings. The highest BCUT2D eigenvalue weighted by Crippen LogP contribution is 2.23. The van der Waals surface area contributed by atoms with Gasteiger partial charge in [0.25, 0.3) is 0 Å². The highest BCUT2D eigenvalue weighted by Gasteiger charge is 2.44. The number of amides is 1. The van der Waals surface area contributed by atoms with E-state index in [2.05, 4.69) is 55.6 Å². The summed E-state index contributed by atoms with van der Waals surface area (Å²) in [6.45, 7) is 4.26. The lowest BCUT2D eigenvalue weighted by atomic mass is 9.99. The molecule has 11 heteroatoms. The maximum Gasteiger partial charge on any atom is 0.305 e. The maximum absolute atomic E-state index is 13.0. The lowest BCUT2D eigenvalue weighted by Gasteiger charge is -2.40. The third-order valence-corrected chi connectivity index (χ3v) is 14.4. The molecule has 1 rings (SSSR count). The van der Waals surface area contributed by atoms with Crippen molar-refractivity contribution >= 4 is 11.9 Å². The zero-order valence-corrected chi connectivity index (χ0v) is 47.6. The Hall–Kier alpha value is -2.38. The van der Waals surface area contributed by atoms with Crippen molar-refractivity contribution < 1.29 is 49.3 Å². The van der Waals surface area contributed by atoms with E-state index in [1.165, 1.54) is 180 Å². The zero-order valence-electron chi connectivity index (χ0n) is 47.6. The summed E-state index contributed by atoms with van der Waals surface area (Å²) in [4.78, 5) is 25.0. The molecule has 0 spiro atoms. The average molecular weight is 1050 g/mol. The highest BCUT2D eigenvalue weighted by molar-refractivity contribution is 5.76. The summed E-state index contributed by atoms with van der Waals surface area (Å²) in [6, 6.07) is -0.831. The van der Waals surface area contributed by atoms with Crippen molar-refractivity contribution in [1.29, 1.82) is 0 Å². The Kier molecular flexibility index (Phi) is 49.6. The standard InChI is InChI=1S/C63H115NO10/c1-3-5-7-9-11-13-29-33-37-41-45-49-56(66)55(54-73-63-62(71)61(70)60(69)57(53-65)74-63)64-58(67)50-46-42-38-34-31-27-25-23-21-19-17-15-16-18-20-22-24-26-28-32-36-40-44-48-52-72-59(68)51-47-43-39-35-30-14-12-10-8-6-4-2/h10,12,17,19,29,33,45,49,55-57,60-63,65-66,69-71H,3-9,11,13-16,18,20-28,30-32,34-44,46-48,50-54H2,1-2H3,(H,64,67)/b12-10-,19-17-,33-29+,49-45+. The van der Waals surface area contributed by atoms with Crippen LogP contribution in [0.1, 0.15) is 277 Å². The molecule has 432 valence electrons. The number of aliphatic hydroxyl groups is 5. The Labute approximate surface area is 453 Å². The minimum atomic E-state index is -1.58. The molecule has 0 aliphatic carbocycles. The summed E-state index contributed by atoms with van der Waals surface area (Å²) in [5, 5.41) is 54.3. The minimum absolute atomic E-state index is 0.0107. The van der Waals surface area contributed by atoms with Crippen molar-refractivity contribution in [3.63, 3.8) is 0 Å². The van der Waals surface area contributed by atoms with Gasteiger partial charge in [-0.3, -0.25) is 9.59 Å². The number of esters is 1. The van der Waals surface area contributed by atoms with Crippen LogP contribution in [-0.4, -0.2) is 100 Å². The van der Waals surface area contributed by atoms with E-state index in [0.717, 1.165) is 70.6 Å². The van der Waals surface area contributed by atoms with Gasteiger partial charge >= 0.3 is 5.97 Å². The summed E-state index contributed by atoms with van der Waals surface area (Å²) in [5.41, 5.74) is 0. The molecule has 0 bridgehead atoms. The van der Waals surface area contributed by atoms with Gasteiger partial charge in [0.05, 0.1) is 32.0 Å². The number of carbonyl (C=O) groups excluding carboxylic acids is 2. The minimum Gasteiger partial charge on any atom is -0.466 e. The molecule has 7 atom stereocenters. The lowest BCUT2D eigenvalue weighted by Crippen LogP contribution is -2.60. The van der Waals surface area contributed by atoms with Crippen LogP contribution in [0.3, 0.4) is 0 Å². The van der Waals surface area contributed by atoms with Crippen molar-refractivity contribution in [3.8, 4) is 0 Å². The number of ether oxygens (including phenoxy) is 3. The van der Waals surface area contributed by atoms with E-state index in [9.17, 15) is 35.1 Å². The smallest absolute Gasteiger partial charge is 0.305 e. The van der Waals surface area contributed by atoms with Gasteiger partial charge in [-0.1, -0.05) is 223 Å². The Bertz CT molecular complexity index is 1370. The van der Waals surface area contributed by atoms with Gasteiger partial charge in [-0.05, 0) is 89.9 Å². The Morgan fingerprint density at radius 2 is 0.892 bits per heavy atom. The Balaban J connectivity index is 2.04. The number of unbranched alkanes of at least 4 members (excludes halogenated alkanes) is 33. The van der Waals surface area contributed by atoms with E-state index in [1.54, 1.807) is 6.08 Å². The first-order chi connectivity index (χ1) is 36.2. The summed E-state index contributed by atoms with van der Waals surface area (Å²) >= 11 is 0. The first-order valence-electron chi connectivity index (χ1n) is 30.9. The second kappa shape index (κ2) is 52.7. The predicted octanol–water partition coefficient (Wildman–Crippen LogP) is 14.5. The molecule has 1 saturated heterocycles.